The third kappa shape index (κ3) is 3.35. The summed E-state index contributed by atoms with van der Waals surface area (Å²) in [5, 5.41) is 4.26. The van der Waals surface area contributed by atoms with Crippen molar-refractivity contribution < 1.29 is 13.5 Å². The third-order valence-corrected chi connectivity index (χ3v) is 3.79. The molecule has 0 amide bonds. The maximum atomic E-state index is 12.2. The molecule has 1 atom stereocenters. The Morgan fingerprint density at radius 2 is 2.28 bits per heavy atom. The zero-order valence-electron chi connectivity index (χ0n) is 9.90. The van der Waals surface area contributed by atoms with Crippen LogP contribution in [0.5, 0.6) is 5.75 Å². The standard InChI is InChI=1S/C12H14F2N2OS/c1-2-8-7-15-12(18-8)16-9-5-3-4-6-10(9)17-11(13)14/h3-6,8,11H,2,7H2,1H3,(H,15,16). The Balaban J connectivity index is 2.05. The average molecular weight is 272 g/mol. The Bertz CT molecular complexity index is 440. The number of benzene rings is 1. The van der Waals surface area contributed by atoms with Gasteiger partial charge in [0, 0.05) is 5.25 Å². The minimum absolute atomic E-state index is 0.135. The lowest BCUT2D eigenvalue weighted by molar-refractivity contribution is -0.0493. The predicted molar refractivity (Wildman–Crippen MR) is 70.7 cm³/mol. The molecular weight excluding hydrogens is 258 g/mol. The molecule has 1 aromatic carbocycles. The van der Waals surface area contributed by atoms with E-state index in [9.17, 15) is 8.78 Å². The van der Waals surface area contributed by atoms with E-state index in [2.05, 4.69) is 22.0 Å². The second-order valence-electron chi connectivity index (χ2n) is 3.79. The van der Waals surface area contributed by atoms with E-state index in [-0.39, 0.29) is 5.75 Å². The molecule has 0 fully saturated rings. The van der Waals surface area contributed by atoms with Crippen molar-refractivity contribution in [3.8, 4) is 5.75 Å². The number of amidine groups is 1. The van der Waals surface area contributed by atoms with Crippen molar-refractivity contribution in [1.29, 1.82) is 0 Å². The van der Waals surface area contributed by atoms with E-state index in [1.165, 1.54) is 6.07 Å². The molecule has 1 unspecified atom stereocenters. The van der Waals surface area contributed by atoms with Crippen LogP contribution in [0.4, 0.5) is 14.5 Å². The molecule has 98 valence electrons. The number of alkyl halides is 2. The Kier molecular flexibility index (Phi) is 4.41. The first kappa shape index (κ1) is 13.1. The lowest BCUT2D eigenvalue weighted by atomic mass is 10.3. The average Bonchev–Trinajstić information content (AvgIpc) is 2.79. The molecule has 1 aromatic rings. The topological polar surface area (TPSA) is 33.6 Å². The van der Waals surface area contributed by atoms with E-state index in [1.54, 1.807) is 30.0 Å². The van der Waals surface area contributed by atoms with Crippen LogP contribution in [0.1, 0.15) is 13.3 Å². The first-order valence-electron chi connectivity index (χ1n) is 5.71. The molecule has 0 saturated heterocycles. The van der Waals surface area contributed by atoms with Crippen LogP contribution in [0.15, 0.2) is 29.3 Å². The van der Waals surface area contributed by atoms with Crippen molar-refractivity contribution in [3.05, 3.63) is 24.3 Å². The Morgan fingerprint density at radius 3 is 2.94 bits per heavy atom. The van der Waals surface area contributed by atoms with Gasteiger partial charge in [0.15, 0.2) is 5.17 Å². The van der Waals surface area contributed by atoms with Crippen molar-refractivity contribution in [2.24, 2.45) is 4.99 Å². The summed E-state index contributed by atoms with van der Waals surface area (Å²) in [6.45, 7) is 0.0419. The predicted octanol–water partition coefficient (Wildman–Crippen LogP) is 3.58. The summed E-state index contributed by atoms with van der Waals surface area (Å²) < 4.78 is 28.9. The first-order valence-corrected chi connectivity index (χ1v) is 6.59. The number of nitrogens with zero attached hydrogens (tertiary/aromatic N) is 1. The van der Waals surface area contributed by atoms with Crippen LogP contribution in [0, 0.1) is 0 Å². The SMILES string of the molecule is CCC1CN=C(Nc2ccccc2OC(F)F)S1. The number of rotatable bonds is 4. The van der Waals surface area contributed by atoms with Crippen molar-refractivity contribution in [3.63, 3.8) is 0 Å². The molecule has 1 aliphatic heterocycles. The summed E-state index contributed by atoms with van der Waals surface area (Å²) in [6, 6.07) is 6.62. The minimum atomic E-state index is -2.82. The summed E-state index contributed by atoms with van der Waals surface area (Å²) in [7, 11) is 0. The summed E-state index contributed by atoms with van der Waals surface area (Å²) in [5.74, 6) is 0.135. The zero-order valence-corrected chi connectivity index (χ0v) is 10.7. The van der Waals surface area contributed by atoms with Gasteiger partial charge in [-0.15, -0.1) is 0 Å². The summed E-state index contributed by atoms with van der Waals surface area (Å²) in [4.78, 5) is 4.33. The number of anilines is 1. The Hall–Kier alpha value is -1.30. The smallest absolute Gasteiger partial charge is 0.387 e. The number of nitrogens with one attached hydrogen (secondary N) is 1. The van der Waals surface area contributed by atoms with Crippen LogP contribution in [0.25, 0.3) is 0 Å². The fourth-order valence-electron chi connectivity index (χ4n) is 1.58. The summed E-state index contributed by atoms with van der Waals surface area (Å²) in [5.41, 5.74) is 0.515. The molecule has 0 spiro atoms. The molecule has 3 nitrogen and oxygen atoms in total. The van der Waals surface area contributed by atoms with E-state index < -0.39 is 6.61 Å². The monoisotopic (exact) mass is 272 g/mol. The van der Waals surface area contributed by atoms with Crippen molar-refractivity contribution >= 4 is 22.6 Å². The molecule has 1 heterocycles. The zero-order chi connectivity index (χ0) is 13.0. The van der Waals surface area contributed by atoms with Gasteiger partial charge in [0.25, 0.3) is 0 Å². The van der Waals surface area contributed by atoms with Gasteiger partial charge >= 0.3 is 6.61 Å². The second kappa shape index (κ2) is 6.04. The van der Waals surface area contributed by atoms with Gasteiger partial charge in [-0.1, -0.05) is 30.8 Å². The molecule has 0 bridgehead atoms. The lowest BCUT2D eigenvalue weighted by Crippen LogP contribution is -2.10. The number of ether oxygens (including phenoxy) is 1. The molecule has 2 rings (SSSR count). The highest BCUT2D eigenvalue weighted by atomic mass is 32.2. The molecule has 0 radical (unpaired) electrons. The number of thioether (sulfide) groups is 1. The Labute approximate surface area is 109 Å². The fraction of sp³-hybridized carbons (Fsp3) is 0.417. The van der Waals surface area contributed by atoms with Crippen LogP contribution in [-0.4, -0.2) is 23.6 Å². The van der Waals surface area contributed by atoms with Gasteiger partial charge in [-0.25, -0.2) is 0 Å². The van der Waals surface area contributed by atoms with E-state index in [1.807, 2.05) is 0 Å². The van der Waals surface area contributed by atoms with E-state index in [0.29, 0.717) is 10.9 Å². The fourth-order valence-corrected chi connectivity index (χ4v) is 2.53. The van der Waals surface area contributed by atoms with Gasteiger partial charge in [0.2, 0.25) is 0 Å². The van der Waals surface area contributed by atoms with Gasteiger partial charge in [-0.2, -0.15) is 8.78 Å². The molecule has 1 aliphatic rings. The van der Waals surface area contributed by atoms with E-state index in [4.69, 9.17) is 0 Å². The lowest BCUT2D eigenvalue weighted by Gasteiger charge is -2.12. The van der Waals surface area contributed by atoms with Gasteiger partial charge < -0.3 is 10.1 Å². The summed E-state index contributed by atoms with van der Waals surface area (Å²) in [6.07, 6.45) is 1.04. The number of para-hydroxylation sites is 2. The van der Waals surface area contributed by atoms with Crippen molar-refractivity contribution in [1.82, 2.24) is 0 Å². The first-order chi connectivity index (χ1) is 8.69. The number of hydrogen-bond donors (Lipinski definition) is 1. The number of hydrogen-bond acceptors (Lipinski definition) is 4. The highest BCUT2D eigenvalue weighted by Crippen LogP contribution is 2.29. The highest BCUT2D eigenvalue weighted by molar-refractivity contribution is 8.15. The van der Waals surface area contributed by atoms with Crippen molar-refractivity contribution in [2.45, 2.75) is 25.2 Å². The molecular formula is C12H14F2N2OS. The Morgan fingerprint density at radius 1 is 1.50 bits per heavy atom. The van der Waals surface area contributed by atoms with Crippen LogP contribution in [-0.2, 0) is 0 Å². The van der Waals surface area contributed by atoms with Crippen LogP contribution >= 0.6 is 11.8 Å². The van der Waals surface area contributed by atoms with Gasteiger partial charge in [-0.05, 0) is 18.6 Å². The molecule has 0 saturated carbocycles. The van der Waals surface area contributed by atoms with Gasteiger partial charge in [0.1, 0.15) is 5.75 Å². The van der Waals surface area contributed by atoms with Gasteiger partial charge in [0.05, 0.1) is 12.2 Å². The third-order valence-electron chi connectivity index (χ3n) is 2.52. The van der Waals surface area contributed by atoms with Gasteiger partial charge in [-0.3, -0.25) is 4.99 Å². The maximum Gasteiger partial charge on any atom is 0.387 e. The van der Waals surface area contributed by atoms with Crippen molar-refractivity contribution in [2.75, 3.05) is 11.9 Å². The quantitative estimate of drug-likeness (QED) is 0.909. The summed E-state index contributed by atoms with van der Waals surface area (Å²) >= 11 is 1.63. The van der Waals surface area contributed by atoms with Crippen LogP contribution in [0.3, 0.4) is 0 Å². The highest BCUT2D eigenvalue weighted by Gasteiger charge is 2.19. The molecule has 0 aromatic heterocycles. The normalized spacial score (nSPS) is 18.9. The second-order valence-corrected chi connectivity index (χ2v) is 5.08. The molecule has 6 heteroatoms. The largest absolute Gasteiger partial charge is 0.433 e. The molecule has 0 aliphatic carbocycles. The number of aliphatic imine (C=N–C) groups is 1. The number of halogens is 2. The molecule has 1 N–H and O–H groups in total. The van der Waals surface area contributed by atoms with E-state index in [0.717, 1.165) is 18.1 Å². The van der Waals surface area contributed by atoms with Crippen LogP contribution < -0.4 is 10.1 Å². The minimum Gasteiger partial charge on any atom is -0.433 e. The van der Waals surface area contributed by atoms with Crippen LogP contribution in [0.2, 0.25) is 0 Å². The maximum absolute atomic E-state index is 12.2. The van der Waals surface area contributed by atoms with E-state index >= 15 is 0 Å². The molecule has 18 heavy (non-hydrogen) atoms.